The molecule has 0 aliphatic rings. The zero-order valence-electron chi connectivity index (χ0n) is 11.3. The number of rotatable bonds is 3. The fourth-order valence-electron chi connectivity index (χ4n) is 1.90. The zero-order valence-corrected chi connectivity index (χ0v) is 11.3. The Balaban J connectivity index is 2.32. The first kappa shape index (κ1) is 12.6. The van der Waals surface area contributed by atoms with Crippen LogP contribution in [0.3, 0.4) is 0 Å². The summed E-state index contributed by atoms with van der Waals surface area (Å²) in [7, 11) is 1.84. The normalized spacial score (nSPS) is 10.9. The summed E-state index contributed by atoms with van der Waals surface area (Å²) in [5, 5.41) is 4.10. The van der Waals surface area contributed by atoms with Crippen LogP contribution in [0.25, 0.3) is 0 Å². The van der Waals surface area contributed by atoms with Crippen molar-refractivity contribution in [2.45, 2.75) is 26.7 Å². The minimum atomic E-state index is 0.0379. The van der Waals surface area contributed by atoms with Crippen LogP contribution < -0.4 is 0 Å². The molecule has 0 saturated heterocycles. The summed E-state index contributed by atoms with van der Waals surface area (Å²) in [5.74, 6) is 0.519. The molecule has 0 amide bonds. The lowest BCUT2D eigenvalue weighted by atomic mass is 9.98. The van der Waals surface area contributed by atoms with Crippen LogP contribution >= 0.6 is 0 Å². The van der Waals surface area contributed by atoms with E-state index in [4.69, 9.17) is 0 Å². The van der Waals surface area contributed by atoms with Crippen LogP contribution in [0.2, 0.25) is 0 Å². The van der Waals surface area contributed by atoms with Gasteiger partial charge in [-0.15, -0.1) is 0 Å². The Kier molecular flexibility index (Phi) is 3.32. The summed E-state index contributed by atoms with van der Waals surface area (Å²) < 4.78 is 1.72. The third kappa shape index (κ3) is 2.21. The van der Waals surface area contributed by atoms with E-state index >= 15 is 0 Å². The summed E-state index contributed by atoms with van der Waals surface area (Å²) >= 11 is 0. The average Bonchev–Trinajstić information content (AvgIpc) is 2.69. The molecule has 1 aromatic heterocycles. The van der Waals surface area contributed by atoms with Crippen LogP contribution in [0.1, 0.15) is 46.9 Å². The highest BCUT2D eigenvalue weighted by atomic mass is 16.1. The van der Waals surface area contributed by atoms with Crippen molar-refractivity contribution in [3.05, 3.63) is 52.8 Å². The van der Waals surface area contributed by atoms with Crippen LogP contribution in [0.15, 0.2) is 30.5 Å². The largest absolute Gasteiger partial charge is 0.288 e. The number of carbonyl (C=O) groups is 1. The van der Waals surface area contributed by atoms with E-state index in [2.05, 4.69) is 18.9 Å². The third-order valence-electron chi connectivity index (χ3n) is 3.32. The summed E-state index contributed by atoms with van der Waals surface area (Å²) in [4.78, 5) is 12.3. The number of hydrogen-bond acceptors (Lipinski definition) is 2. The van der Waals surface area contributed by atoms with Crippen molar-refractivity contribution in [2.24, 2.45) is 7.05 Å². The van der Waals surface area contributed by atoms with Gasteiger partial charge in [-0.2, -0.15) is 5.10 Å². The Labute approximate surface area is 107 Å². The average molecular weight is 242 g/mol. The van der Waals surface area contributed by atoms with E-state index in [1.807, 2.05) is 38.2 Å². The highest BCUT2D eigenvalue weighted by Gasteiger charge is 2.14. The number of ketones is 1. The molecular formula is C15H18N2O. The van der Waals surface area contributed by atoms with E-state index in [-0.39, 0.29) is 5.78 Å². The topological polar surface area (TPSA) is 34.9 Å². The molecular weight excluding hydrogens is 224 g/mol. The first-order chi connectivity index (χ1) is 8.50. The smallest absolute Gasteiger partial charge is 0.196 e. The molecule has 0 N–H and O–H groups in total. The Bertz CT molecular complexity index is 565. The minimum absolute atomic E-state index is 0.0379. The number of nitrogens with zero attached hydrogens (tertiary/aromatic N) is 2. The molecule has 0 bridgehead atoms. The van der Waals surface area contributed by atoms with Crippen LogP contribution in [-0.2, 0) is 7.05 Å². The molecule has 0 unspecified atom stereocenters. The number of aryl methyl sites for hydroxylation is 1. The Hall–Kier alpha value is -1.90. The van der Waals surface area contributed by atoms with E-state index < -0.39 is 0 Å². The van der Waals surface area contributed by atoms with Crippen molar-refractivity contribution in [2.75, 3.05) is 0 Å². The maximum Gasteiger partial charge on any atom is 0.196 e. The van der Waals surface area contributed by atoms with Gasteiger partial charge in [0.25, 0.3) is 0 Å². The van der Waals surface area contributed by atoms with Gasteiger partial charge in [0.15, 0.2) is 5.78 Å². The molecule has 0 aliphatic heterocycles. The Morgan fingerprint density at radius 3 is 2.28 bits per heavy atom. The molecule has 0 saturated carbocycles. The molecule has 0 fully saturated rings. The molecule has 1 heterocycles. The maximum atomic E-state index is 12.3. The van der Waals surface area contributed by atoms with Gasteiger partial charge in [0.2, 0.25) is 0 Å². The second-order valence-corrected chi connectivity index (χ2v) is 4.87. The molecule has 1 aromatic carbocycles. The maximum absolute atomic E-state index is 12.3. The highest BCUT2D eigenvalue weighted by Crippen LogP contribution is 2.17. The van der Waals surface area contributed by atoms with Crippen molar-refractivity contribution in [1.29, 1.82) is 0 Å². The molecule has 0 aliphatic carbocycles. The predicted molar refractivity (Wildman–Crippen MR) is 71.9 cm³/mol. The Morgan fingerprint density at radius 2 is 1.83 bits per heavy atom. The number of aromatic nitrogens is 2. The predicted octanol–water partition coefficient (Wildman–Crippen LogP) is 3.08. The molecule has 0 spiro atoms. The second kappa shape index (κ2) is 4.77. The quantitative estimate of drug-likeness (QED) is 0.775. The van der Waals surface area contributed by atoms with E-state index in [1.165, 1.54) is 5.56 Å². The first-order valence-corrected chi connectivity index (χ1v) is 6.14. The fraction of sp³-hybridized carbons (Fsp3) is 0.333. The third-order valence-corrected chi connectivity index (χ3v) is 3.32. The summed E-state index contributed by atoms with van der Waals surface area (Å²) in [5.41, 5.74) is 3.53. The van der Waals surface area contributed by atoms with E-state index in [9.17, 15) is 4.79 Å². The van der Waals surface area contributed by atoms with Gasteiger partial charge >= 0.3 is 0 Å². The molecule has 0 atom stereocenters. The van der Waals surface area contributed by atoms with Gasteiger partial charge in [-0.3, -0.25) is 9.48 Å². The van der Waals surface area contributed by atoms with Gasteiger partial charge in [-0.25, -0.2) is 0 Å². The molecule has 18 heavy (non-hydrogen) atoms. The molecule has 2 rings (SSSR count). The van der Waals surface area contributed by atoms with Gasteiger partial charge in [0, 0.05) is 18.3 Å². The van der Waals surface area contributed by atoms with Gasteiger partial charge in [-0.05, 0) is 18.4 Å². The lowest BCUT2D eigenvalue weighted by molar-refractivity contribution is 0.103. The Morgan fingerprint density at radius 1 is 1.22 bits per heavy atom. The number of benzene rings is 1. The van der Waals surface area contributed by atoms with Crippen molar-refractivity contribution < 1.29 is 4.79 Å². The van der Waals surface area contributed by atoms with Crippen LogP contribution in [0, 0.1) is 6.92 Å². The summed E-state index contributed by atoms with van der Waals surface area (Å²) in [6, 6.07) is 7.82. The SMILES string of the molecule is Cc1c(C(=O)c2ccc(C(C)C)cc2)cnn1C. The summed E-state index contributed by atoms with van der Waals surface area (Å²) in [6.45, 7) is 6.19. The summed E-state index contributed by atoms with van der Waals surface area (Å²) in [6.07, 6.45) is 1.63. The van der Waals surface area contributed by atoms with Crippen LogP contribution in [0.4, 0.5) is 0 Å². The lowest BCUT2D eigenvalue weighted by Crippen LogP contribution is -2.03. The first-order valence-electron chi connectivity index (χ1n) is 6.14. The standard InChI is InChI=1S/C15H18N2O/c1-10(2)12-5-7-13(8-6-12)15(18)14-9-16-17(4)11(14)3/h5-10H,1-4H3. The van der Waals surface area contributed by atoms with E-state index in [1.54, 1.807) is 10.9 Å². The van der Waals surface area contributed by atoms with E-state index in [0.717, 1.165) is 11.3 Å². The van der Waals surface area contributed by atoms with Gasteiger partial charge in [0.1, 0.15) is 0 Å². The van der Waals surface area contributed by atoms with Gasteiger partial charge < -0.3 is 0 Å². The minimum Gasteiger partial charge on any atom is -0.288 e. The monoisotopic (exact) mass is 242 g/mol. The molecule has 0 radical (unpaired) electrons. The number of hydrogen-bond donors (Lipinski definition) is 0. The highest BCUT2D eigenvalue weighted by molar-refractivity contribution is 6.09. The van der Waals surface area contributed by atoms with Crippen LogP contribution in [0.5, 0.6) is 0 Å². The van der Waals surface area contributed by atoms with E-state index in [0.29, 0.717) is 11.5 Å². The lowest BCUT2D eigenvalue weighted by Gasteiger charge is -2.06. The van der Waals surface area contributed by atoms with Crippen molar-refractivity contribution in [3.63, 3.8) is 0 Å². The van der Waals surface area contributed by atoms with Crippen molar-refractivity contribution in [3.8, 4) is 0 Å². The zero-order chi connectivity index (χ0) is 13.3. The molecule has 3 nitrogen and oxygen atoms in total. The molecule has 2 aromatic rings. The fourth-order valence-corrected chi connectivity index (χ4v) is 1.90. The second-order valence-electron chi connectivity index (χ2n) is 4.87. The van der Waals surface area contributed by atoms with Gasteiger partial charge in [-0.1, -0.05) is 38.1 Å². The van der Waals surface area contributed by atoms with Gasteiger partial charge in [0.05, 0.1) is 11.8 Å². The van der Waals surface area contributed by atoms with Crippen molar-refractivity contribution in [1.82, 2.24) is 9.78 Å². The molecule has 94 valence electrons. The van der Waals surface area contributed by atoms with Crippen LogP contribution in [-0.4, -0.2) is 15.6 Å². The number of carbonyl (C=O) groups excluding carboxylic acids is 1. The molecule has 3 heteroatoms. The van der Waals surface area contributed by atoms with Crippen molar-refractivity contribution >= 4 is 5.78 Å².